The van der Waals surface area contributed by atoms with E-state index < -0.39 is 10.0 Å². The van der Waals surface area contributed by atoms with E-state index in [4.69, 9.17) is 17.0 Å². The highest BCUT2D eigenvalue weighted by atomic mass is 32.2. The number of thiocarbonyl (C=S) groups is 1. The fraction of sp³-hybridized carbons (Fsp3) is 0.310. The van der Waals surface area contributed by atoms with E-state index in [-0.39, 0.29) is 17.6 Å². The van der Waals surface area contributed by atoms with Gasteiger partial charge < -0.3 is 19.9 Å². The second kappa shape index (κ2) is 9.84. The second-order valence-corrected chi connectivity index (χ2v) is 12.7. The van der Waals surface area contributed by atoms with Gasteiger partial charge in [-0.15, -0.1) is 0 Å². The van der Waals surface area contributed by atoms with Crippen molar-refractivity contribution in [3.8, 4) is 5.75 Å². The predicted molar refractivity (Wildman–Crippen MR) is 162 cm³/mol. The van der Waals surface area contributed by atoms with Crippen LogP contribution in [0.25, 0.3) is 5.57 Å². The summed E-state index contributed by atoms with van der Waals surface area (Å²) in [7, 11) is 0.0890. The summed E-state index contributed by atoms with van der Waals surface area (Å²) in [5.41, 5.74) is 6.45. The third kappa shape index (κ3) is 5.06. The highest BCUT2D eigenvalue weighted by Crippen LogP contribution is 2.46. The molecule has 39 heavy (non-hydrogen) atoms. The Morgan fingerprint density at radius 2 is 1.90 bits per heavy atom. The lowest BCUT2D eigenvalue weighted by Gasteiger charge is -2.41. The lowest BCUT2D eigenvalue weighted by atomic mass is 9.86. The van der Waals surface area contributed by atoms with Crippen LogP contribution >= 0.6 is 12.2 Å². The molecule has 204 valence electrons. The molecule has 2 N–H and O–H groups in total. The molecule has 0 unspecified atom stereocenters. The number of fused-ring (bicyclic) bond motifs is 1. The minimum atomic E-state index is -3.53. The van der Waals surface area contributed by atoms with Crippen LogP contribution in [0.4, 0.5) is 17.1 Å². The Morgan fingerprint density at radius 1 is 1.13 bits per heavy atom. The first-order chi connectivity index (χ1) is 18.4. The minimum Gasteiger partial charge on any atom is -0.495 e. The monoisotopic (exact) mass is 563 g/mol. The quantitative estimate of drug-likeness (QED) is 0.393. The summed E-state index contributed by atoms with van der Waals surface area (Å²) in [4.78, 5) is 8.96. The van der Waals surface area contributed by atoms with Gasteiger partial charge in [-0.05, 0) is 86.6 Å². The molecule has 1 aromatic heterocycles. The molecule has 1 fully saturated rings. The van der Waals surface area contributed by atoms with Crippen molar-refractivity contribution in [2.45, 2.75) is 38.4 Å². The van der Waals surface area contributed by atoms with Gasteiger partial charge in [-0.25, -0.2) is 8.42 Å². The fourth-order valence-corrected chi connectivity index (χ4v) is 6.36. The van der Waals surface area contributed by atoms with Crippen LogP contribution in [0.15, 0.2) is 66.9 Å². The Hall–Kier alpha value is -3.63. The first-order valence-corrected chi connectivity index (χ1v) is 14.9. The maximum Gasteiger partial charge on any atom is 0.229 e. The van der Waals surface area contributed by atoms with Crippen LogP contribution in [0.1, 0.15) is 49.7 Å². The molecule has 2 aliphatic rings. The molecule has 0 aliphatic carbocycles. The van der Waals surface area contributed by atoms with Gasteiger partial charge in [-0.1, -0.05) is 18.2 Å². The van der Waals surface area contributed by atoms with Crippen LogP contribution in [0.5, 0.6) is 5.75 Å². The van der Waals surface area contributed by atoms with E-state index >= 15 is 0 Å². The van der Waals surface area contributed by atoms with Crippen LogP contribution in [0.3, 0.4) is 0 Å². The van der Waals surface area contributed by atoms with Gasteiger partial charge in [0.2, 0.25) is 10.0 Å². The largest absolute Gasteiger partial charge is 0.495 e. The van der Waals surface area contributed by atoms with Crippen LogP contribution in [0.2, 0.25) is 0 Å². The zero-order valence-electron chi connectivity index (χ0n) is 22.9. The van der Waals surface area contributed by atoms with Gasteiger partial charge >= 0.3 is 0 Å². The molecule has 10 heteroatoms. The number of hydrogen-bond donors (Lipinski definition) is 2. The number of anilines is 3. The van der Waals surface area contributed by atoms with Crippen molar-refractivity contribution >= 4 is 50.0 Å². The molecule has 0 spiro atoms. The van der Waals surface area contributed by atoms with E-state index in [0.717, 1.165) is 23.2 Å². The third-order valence-electron chi connectivity index (χ3n) is 7.44. The number of benzene rings is 2. The molecule has 2 atom stereocenters. The standard InChI is InChI=1S/C29H33N5O3S2/c1-18-17-29(2,3)33(4)24-12-10-19(15-21(18)24)27-26(22-9-7-8-14-30-22)31-28(38)34(27)20-11-13-25(37-5)23(16-20)32-39(6,35)36/h7-17,26-27,32H,1-6H3,(H,31,38)/t26-,27+/m1/s1. The number of sulfonamides is 1. The summed E-state index contributed by atoms with van der Waals surface area (Å²) in [6, 6.07) is 17.3. The van der Waals surface area contributed by atoms with Gasteiger partial charge in [0.05, 0.1) is 42.4 Å². The summed E-state index contributed by atoms with van der Waals surface area (Å²) in [6.07, 6.45) is 5.18. The Balaban J connectivity index is 1.66. The maximum atomic E-state index is 12.1. The van der Waals surface area contributed by atoms with Crippen molar-refractivity contribution in [3.63, 3.8) is 0 Å². The molecule has 0 saturated carbocycles. The van der Waals surface area contributed by atoms with E-state index in [1.54, 1.807) is 18.3 Å². The molecule has 2 aliphatic heterocycles. The molecular weight excluding hydrogens is 530 g/mol. The number of nitrogens with zero attached hydrogens (tertiary/aromatic N) is 3. The van der Waals surface area contributed by atoms with Crippen molar-refractivity contribution < 1.29 is 13.2 Å². The van der Waals surface area contributed by atoms with Crippen LogP contribution in [-0.4, -0.2) is 44.5 Å². The Kier molecular flexibility index (Phi) is 6.80. The summed E-state index contributed by atoms with van der Waals surface area (Å²) < 4.78 is 32.2. The van der Waals surface area contributed by atoms with Gasteiger partial charge in [-0.3, -0.25) is 9.71 Å². The zero-order chi connectivity index (χ0) is 28.1. The highest BCUT2D eigenvalue weighted by Gasteiger charge is 2.41. The molecule has 0 amide bonds. The number of pyridine rings is 1. The third-order valence-corrected chi connectivity index (χ3v) is 8.34. The number of hydrogen-bond acceptors (Lipinski definition) is 6. The van der Waals surface area contributed by atoms with E-state index in [1.165, 1.54) is 23.9 Å². The Labute approximate surface area is 235 Å². The highest BCUT2D eigenvalue weighted by molar-refractivity contribution is 7.92. The molecule has 3 aromatic rings. The second-order valence-electron chi connectivity index (χ2n) is 10.6. The first kappa shape index (κ1) is 27.0. The van der Waals surface area contributed by atoms with Crippen molar-refractivity contribution in [3.05, 3.63) is 83.7 Å². The van der Waals surface area contributed by atoms with E-state index in [9.17, 15) is 8.42 Å². The number of nitrogens with one attached hydrogen (secondary N) is 2. The molecule has 3 heterocycles. The summed E-state index contributed by atoms with van der Waals surface area (Å²) in [6.45, 7) is 6.56. The lowest BCUT2D eigenvalue weighted by Crippen LogP contribution is -2.42. The molecule has 8 nitrogen and oxygen atoms in total. The normalized spacial score (nSPS) is 20.3. The number of aromatic nitrogens is 1. The zero-order valence-corrected chi connectivity index (χ0v) is 24.5. The molecule has 0 bridgehead atoms. The Morgan fingerprint density at radius 3 is 2.56 bits per heavy atom. The van der Waals surface area contributed by atoms with Gasteiger partial charge in [0, 0.05) is 30.2 Å². The SMILES string of the molecule is COc1ccc(N2C(=S)N[C@H](c3ccccn3)[C@@H]2c2ccc3c(c2)C(C)=CC(C)(C)N3C)cc1NS(C)(=O)=O. The van der Waals surface area contributed by atoms with Crippen LogP contribution in [0, 0.1) is 0 Å². The number of methoxy groups -OCH3 is 1. The van der Waals surface area contributed by atoms with E-state index in [0.29, 0.717) is 16.5 Å². The van der Waals surface area contributed by atoms with Crippen molar-refractivity contribution in [1.82, 2.24) is 10.3 Å². The van der Waals surface area contributed by atoms with E-state index in [1.807, 2.05) is 29.2 Å². The molecule has 0 radical (unpaired) electrons. The molecular formula is C29H33N5O3S2. The topological polar surface area (TPSA) is 86.8 Å². The summed E-state index contributed by atoms with van der Waals surface area (Å²) >= 11 is 5.88. The minimum absolute atomic E-state index is 0.0935. The molecule has 1 saturated heterocycles. The lowest BCUT2D eigenvalue weighted by molar-refractivity contribution is 0.417. The van der Waals surface area contributed by atoms with Gasteiger partial charge in [0.1, 0.15) is 5.75 Å². The van der Waals surface area contributed by atoms with Gasteiger partial charge in [-0.2, -0.15) is 0 Å². The van der Waals surface area contributed by atoms with Gasteiger partial charge in [0.25, 0.3) is 0 Å². The van der Waals surface area contributed by atoms with Crippen molar-refractivity contribution in [1.29, 1.82) is 0 Å². The van der Waals surface area contributed by atoms with Crippen LogP contribution < -0.4 is 24.6 Å². The van der Waals surface area contributed by atoms with E-state index in [2.05, 4.69) is 72.0 Å². The average molecular weight is 564 g/mol. The smallest absolute Gasteiger partial charge is 0.229 e. The van der Waals surface area contributed by atoms with Crippen LogP contribution in [-0.2, 0) is 10.0 Å². The predicted octanol–water partition coefficient (Wildman–Crippen LogP) is 5.27. The number of allylic oxidation sites excluding steroid dienone is 1. The number of rotatable bonds is 6. The fourth-order valence-electron chi connectivity index (χ4n) is 5.46. The summed E-state index contributed by atoms with van der Waals surface area (Å²) in [5, 5.41) is 4.00. The van der Waals surface area contributed by atoms with Gasteiger partial charge in [0.15, 0.2) is 5.11 Å². The molecule has 5 rings (SSSR count). The number of ether oxygens (including phenoxy) is 1. The maximum absolute atomic E-state index is 12.1. The Bertz CT molecular complexity index is 1570. The number of likely N-dealkylation sites (N-methyl/N-ethyl adjacent to an activating group) is 1. The summed E-state index contributed by atoms with van der Waals surface area (Å²) in [5.74, 6) is 0.417. The first-order valence-electron chi connectivity index (χ1n) is 12.6. The molecule has 2 aromatic carbocycles. The average Bonchev–Trinajstić information content (AvgIpc) is 3.23. The van der Waals surface area contributed by atoms with Crippen molar-refractivity contribution in [2.75, 3.05) is 34.9 Å². The van der Waals surface area contributed by atoms with Crippen molar-refractivity contribution in [2.24, 2.45) is 0 Å².